The van der Waals surface area contributed by atoms with Gasteiger partial charge in [-0.15, -0.1) is 0 Å². The van der Waals surface area contributed by atoms with Crippen LogP contribution in [0.5, 0.6) is 5.75 Å². The molecule has 2 saturated carbocycles. The third-order valence-corrected chi connectivity index (χ3v) is 14.1. The summed E-state index contributed by atoms with van der Waals surface area (Å²) in [5, 5.41) is 7.42. The van der Waals surface area contributed by atoms with E-state index in [4.69, 9.17) is 16.3 Å². The van der Waals surface area contributed by atoms with E-state index >= 15 is 4.39 Å². The topological polar surface area (TPSA) is 126 Å². The molecule has 2 aromatic heterocycles. The summed E-state index contributed by atoms with van der Waals surface area (Å²) < 4.78 is 22.9. The Balaban J connectivity index is 0.807. The summed E-state index contributed by atoms with van der Waals surface area (Å²) in [5.41, 5.74) is 3.90. The van der Waals surface area contributed by atoms with Crippen molar-refractivity contribution in [2.75, 3.05) is 43.5 Å². The molecule has 2 bridgehead atoms. The second-order valence-corrected chi connectivity index (χ2v) is 17.6. The fraction of sp³-hybridized carbons (Fsp3) is 0.477. The zero-order valence-corrected chi connectivity index (χ0v) is 33.1. The van der Waals surface area contributed by atoms with Gasteiger partial charge in [-0.2, -0.15) is 0 Å². The fourth-order valence-electron chi connectivity index (χ4n) is 11.0. The number of hydrogen-bond acceptors (Lipinski definition) is 8. The van der Waals surface area contributed by atoms with Crippen LogP contribution in [0.2, 0.25) is 5.02 Å². The van der Waals surface area contributed by atoms with Crippen LogP contribution in [0, 0.1) is 34.9 Å². The average molecular weight is 795 g/mol. The van der Waals surface area contributed by atoms with Crippen molar-refractivity contribution in [3.05, 3.63) is 81.7 Å². The second-order valence-electron chi connectivity index (χ2n) is 17.2. The quantitative estimate of drug-likeness (QED) is 0.188. The highest BCUT2D eigenvalue weighted by Gasteiger charge is 2.61. The zero-order valence-electron chi connectivity index (χ0n) is 32.4. The maximum Gasteiger partial charge on any atom is 0.259 e. The highest BCUT2D eigenvalue weighted by Crippen LogP contribution is 2.66. The lowest BCUT2D eigenvalue weighted by atomic mass is 9.53. The van der Waals surface area contributed by atoms with E-state index in [-0.39, 0.29) is 40.9 Å². The molecule has 11 nitrogen and oxygen atoms in total. The molecule has 0 spiro atoms. The minimum Gasteiger partial charge on any atom is -0.496 e. The summed E-state index contributed by atoms with van der Waals surface area (Å²) in [6, 6.07) is 10.3. The van der Waals surface area contributed by atoms with E-state index in [2.05, 4.69) is 20.5 Å². The predicted molar refractivity (Wildman–Crippen MR) is 217 cm³/mol. The lowest BCUT2D eigenvalue weighted by molar-refractivity contribution is -0.137. The number of likely N-dealkylation sites (tertiary alicyclic amines) is 1. The highest BCUT2D eigenvalue weighted by molar-refractivity contribution is 6.32. The number of aryl methyl sites for hydroxylation is 1. The van der Waals surface area contributed by atoms with Gasteiger partial charge in [-0.1, -0.05) is 11.6 Å². The lowest BCUT2D eigenvalue weighted by Crippen LogP contribution is -2.52. The van der Waals surface area contributed by atoms with Crippen molar-refractivity contribution < 1.29 is 23.5 Å². The first-order chi connectivity index (χ1) is 27.5. The number of rotatable bonds is 9. The molecule has 2 aromatic carbocycles. The molecular formula is C44H48ClFN6O5. The number of nitrogens with one attached hydrogen (secondary N) is 2. The van der Waals surface area contributed by atoms with Crippen molar-refractivity contribution in [3.8, 4) is 16.9 Å². The zero-order chi connectivity index (χ0) is 39.6. The van der Waals surface area contributed by atoms with Gasteiger partial charge in [-0.05, 0) is 121 Å². The van der Waals surface area contributed by atoms with E-state index in [1.54, 1.807) is 43.3 Å². The molecule has 5 aliphatic rings. The van der Waals surface area contributed by atoms with Gasteiger partial charge < -0.3 is 24.4 Å². The predicted octanol–water partition coefficient (Wildman–Crippen LogP) is 6.34. The monoisotopic (exact) mass is 794 g/mol. The SMILES string of the molecule is COc1cc(-c2cn(C)c(=O)c3cnccc23)cc(Cl)c1C[C@]12CC3CC1C(CN(C(=O)CC1CCN(c4ccc(NC5CCC(=O)NC5=O)cc4F)CC1)C3)C2. The number of hydrogen-bond donors (Lipinski definition) is 2. The Kier molecular flexibility index (Phi) is 9.73. The number of ether oxygens (including phenoxy) is 1. The molecule has 3 saturated heterocycles. The molecule has 9 rings (SSSR count). The Bertz CT molecular complexity index is 2340. The van der Waals surface area contributed by atoms with Crippen molar-refractivity contribution >= 4 is 51.5 Å². The summed E-state index contributed by atoms with van der Waals surface area (Å²) in [6.07, 6.45) is 12.1. The molecule has 2 aliphatic carbocycles. The molecule has 13 heteroatoms. The molecule has 3 aliphatic heterocycles. The number of anilines is 2. The molecule has 4 unspecified atom stereocenters. The maximum atomic E-state index is 15.3. The van der Waals surface area contributed by atoms with E-state index in [9.17, 15) is 19.2 Å². The number of amides is 3. The number of carbonyl (C=O) groups excluding carboxylic acids is 3. The summed E-state index contributed by atoms with van der Waals surface area (Å²) in [4.78, 5) is 58.6. The summed E-state index contributed by atoms with van der Waals surface area (Å²) >= 11 is 7.12. The van der Waals surface area contributed by atoms with Crippen molar-refractivity contribution in [3.63, 3.8) is 0 Å². The highest BCUT2D eigenvalue weighted by atomic mass is 35.5. The average Bonchev–Trinajstić information content (AvgIpc) is 3.36. The van der Waals surface area contributed by atoms with Crippen LogP contribution in [0.4, 0.5) is 15.8 Å². The molecule has 5 fully saturated rings. The Morgan fingerprint density at radius 1 is 1.07 bits per heavy atom. The lowest BCUT2D eigenvalue weighted by Gasteiger charge is -2.54. The van der Waals surface area contributed by atoms with Crippen molar-refractivity contribution in [2.45, 2.75) is 63.8 Å². The van der Waals surface area contributed by atoms with E-state index in [1.165, 1.54) is 6.07 Å². The Hall–Kier alpha value is -4.97. The van der Waals surface area contributed by atoms with Crippen LogP contribution >= 0.6 is 11.6 Å². The largest absolute Gasteiger partial charge is 0.496 e. The molecule has 298 valence electrons. The summed E-state index contributed by atoms with van der Waals surface area (Å²) in [6.45, 7) is 2.96. The van der Waals surface area contributed by atoms with Crippen molar-refractivity contribution in [1.82, 2.24) is 19.8 Å². The molecular weight excluding hydrogens is 747 g/mol. The third kappa shape index (κ3) is 6.93. The van der Waals surface area contributed by atoms with Gasteiger partial charge in [0.15, 0.2) is 0 Å². The first kappa shape index (κ1) is 37.6. The number of methoxy groups -OCH3 is 1. The van der Waals surface area contributed by atoms with E-state index in [1.807, 2.05) is 29.3 Å². The van der Waals surface area contributed by atoms with E-state index in [0.29, 0.717) is 65.5 Å². The number of nitrogens with zero attached hydrogens (tertiary/aromatic N) is 4. The van der Waals surface area contributed by atoms with Crippen LogP contribution in [0.15, 0.2) is 59.8 Å². The Labute approximate surface area is 335 Å². The van der Waals surface area contributed by atoms with Gasteiger partial charge in [-0.3, -0.25) is 29.5 Å². The van der Waals surface area contributed by atoms with Gasteiger partial charge in [0, 0.05) is 86.5 Å². The summed E-state index contributed by atoms with van der Waals surface area (Å²) in [7, 11) is 3.44. The molecule has 5 heterocycles. The van der Waals surface area contributed by atoms with E-state index < -0.39 is 11.9 Å². The smallest absolute Gasteiger partial charge is 0.259 e. The number of halogens is 2. The second kappa shape index (κ2) is 14.8. The fourth-order valence-corrected chi connectivity index (χ4v) is 11.3. The molecule has 57 heavy (non-hydrogen) atoms. The number of pyridine rings is 2. The van der Waals surface area contributed by atoms with Crippen LogP contribution in [0.25, 0.3) is 21.9 Å². The normalized spacial score (nSPS) is 25.9. The summed E-state index contributed by atoms with van der Waals surface area (Å²) in [5.74, 6) is 1.72. The molecule has 5 atom stereocenters. The number of benzene rings is 2. The van der Waals surface area contributed by atoms with Gasteiger partial charge in [0.05, 0.1) is 18.2 Å². The maximum absolute atomic E-state index is 15.3. The van der Waals surface area contributed by atoms with Crippen LogP contribution in [0.3, 0.4) is 0 Å². The molecule has 0 radical (unpaired) electrons. The molecule has 3 amide bonds. The molecule has 2 N–H and O–H groups in total. The van der Waals surface area contributed by atoms with Crippen LogP contribution in [0.1, 0.15) is 56.9 Å². The van der Waals surface area contributed by atoms with E-state index in [0.717, 1.165) is 79.4 Å². The van der Waals surface area contributed by atoms with Gasteiger partial charge >= 0.3 is 0 Å². The third-order valence-electron chi connectivity index (χ3n) is 13.7. The number of carbonyl (C=O) groups is 3. The van der Waals surface area contributed by atoms with Crippen molar-refractivity contribution in [1.29, 1.82) is 0 Å². The first-order valence-corrected chi connectivity index (χ1v) is 20.6. The minimum atomic E-state index is -0.569. The van der Waals surface area contributed by atoms with Crippen molar-refractivity contribution in [2.24, 2.45) is 36.1 Å². The first-order valence-electron chi connectivity index (χ1n) is 20.2. The molecule has 4 aromatic rings. The van der Waals surface area contributed by atoms with Crippen LogP contribution < -0.4 is 25.8 Å². The number of fused-ring (bicyclic) bond motifs is 2. The number of piperidine rings is 2. The van der Waals surface area contributed by atoms with Crippen LogP contribution in [-0.2, 0) is 27.9 Å². The minimum absolute atomic E-state index is 0.0963. The Morgan fingerprint density at radius 2 is 1.89 bits per heavy atom. The van der Waals surface area contributed by atoms with Gasteiger partial charge in [0.25, 0.3) is 5.56 Å². The Morgan fingerprint density at radius 3 is 2.67 bits per heavy atom. The van der Waals surface area contributed by atoms with Gasteiger partial charge in [0.2, 0.25) is 17.7 Å². The number of imide groups is 1. The van der Waals surface area contributed by atoms with Gasteiger partial charge in [0.1, 0.15) is 17.6 Å². The van der Waals surface area contributed by atoms with Gasteiger partial charge in [-0.25, -0.2) is 4.39 Å². The number of aromatic nitrogens is 2. The standard InChI is InChI=1S/C44H48ClFN6O5/c1-50-24-33(30-7-10-47-21-32(30)43(50)56)27-15-35(45)31(39(16-27)57-2)20-44-18-26-13-34(44)28(19-44)23-52(22-26)41(54)14-25-8-11-51(12-9-25)38-5-3-29(17-36(38)46)48-37-4-6-40(53)49-42(37)55/h3,5,7,10,15-17,21,24-26,28,34,37,48H,4,6,8-9,11-14,18-20,22-23H2,1-2H3,(H,49,53,55)/t26?,28?,34?,37?,44-/m1/s1. The van der Waals surface area contributed by atoms with Crippen LogP contribution in [-0.4, -0.2) is 71.5 Å².